The largest absolute Gasteiger partial charge is 0.395 e. The topological polar surface area (TPSA) is 45.1 Å². The van der Waals surface area contributed by atoms with Crippen LogP contribution in [0.1, 0.15) is 43.9 Å². The third-order valence-corrected chi connectivity index (χ3v) is 4.71. The number of pyridine rings is 1. The van der Waals surface area contributed by atoms with Crippen LogP contribution in [0, 0.1) is 11.7 Å². The lowest BCUT2D eigenvalue weighted by Crippen LogP contribution is -2.36. The Balaban J connectivity index is 1.75. The van der Waals surface area contributed by atoms with Gasteiger partial charge < -0.3 is 10.4 Å². The SMILES string of the molecule is CC(C)[C@H](CO)NCc1nc(-c2ccc(C3CC3)cc2)ccc1F. The van der Waals surface area contributed by atoms with Crippen LogP contribution in [0.5, 0.6) is 0 Å². The molecule has 4 heteroatoms. The van der Waals surface area contributed by atoms with Crippen molar-refractivity contribution in [3.05, 3.63) is 53.5 Å². The van der Waals surface area contributed by atoms with Crippen molar-refractivity contribution in [1.29, 1.82) is 0 Å². The van der Waals surface area contributed by atoms with E-state index in [0.717, 1.165) is 17.2 Å². The summed E-state index contributed by atoms with van der Waals surface area (Å²) in [5.41, 5.74) is 3.55. The average molecular weight is 328 g/mol. The molecule has 0 unspecified atom stereocenters. The van der Waals surface area contributed by atoms with Gasteiger partial charge in [0.25, 0.3) is 0 Å². The van der Waals surface area contributed by atoms with Crippen LogP contribution in [0.3, 0.4) is 0 Å². The minimum absolute atomic E-state index is 0.0294. The van der Waals surface area contributed by atoms with E-state index in [2.05, 4.69) is 34.6 Å². The van der Waals surface area contributed by atoms with Gasteiger partial charge in [-0.2, -0.15) is 0 Å². The fourth-order valence-electron chi connectivity index (χ4n) is 2.85. The summed E-state index contributed by atoms with van der Waals surface area (Å²) in [7, 11) is 0. The Morgan fingerprint density at radius 1 is 1.17 bits per heavy atom. The fourth-order valence-corrected chi connectivity index (χ4v) is 2.85. The molecule has 0 saturated heterocycles. The number of nitrogens with one attached hydrogen (secondary N) is 1. The second-order valence-electron chi connectivity index (χ2n) is 6.94. The number of aromatic nitrogens is 1. The third-order valence-electron chi connectivity index (χ3n) is 4.71. The normalized spacial score (nSPS) is 15.7. The first-order valence-corrected chi connectivity index (χ1v) is 8.68. The third kappa shape index (κ3) is 4.00. The van der Waals surface area contributed by atoms with E-state index >= 15 is 0 Å². The monoisotopic (exact) mass is 328 g/mol. The molecule has 1 heterocycles. The molecule has 0 aliphatic heterocycles. The Hall–Kier alpha value is -1.78. The minimum Gasteiger partial charge on any atom is -0.395 e. The first kappa shape index (κ1) is 17.1. The second-order valence-corrected chi connectivity index (χ2v) is 6.94. The maximum atomic E-state index is 14.1. The molecule has 0 amide bonds. The molecular formula is C20H25FN2O. The number of rotatable bonds is 7. The minimum atomic E-state index is -0.318. The van der Waals surface area contributed by atoms with Gasteiger partial charge in [0.05, 0.1) is 18.0 Å². The maximum absolute atomic E-state index is 14.1. The van der Waals surface area contributed by atoms with E-state index < -0.39 is 0 Å². The second kappa shape index (κ2) is 7.41. The lowest BCUT2D eigenvalue weighted by atomic mass is 10.0. The van der Waals surface area contributed by atoms with E-state index in [4.69, 9.17) is 0 Å². The molecule has 1 aliphatic rings. The molecule has 1 aromatic carbocycles. The van der Waals surface area contributed by atoms with Crippen LogP contribution >= 0.6 is 0 Å². The molecule has 1 fully saturated rings. The van der Waals surface area contributed by atoms with Gasteiger partial charge >= 0.3 is 0 Å². The van der Waals surface area contributed by atoms with Crippen LogP contribution in [0.2, 0.25) is 0 Å². The van der Waals surface area contributed by atoms with E-state index in [1.807, 2.05) is 13.8 Å². The van der Waals surface area contributed by atoms with Crippen LogP contribution in [-0.4, -0.2) is 22.7 Å². The molecular weight excluding hydrogens is 303 g/mol. The molecule has 1 saturated carbocycles. The highest BCUT2D eigenvalue weighted by molar-refractivity contribution is 5.60. The molecule has 0 spiro atoms. The number of hydrogen-bond donors (Lipinski definition) is 2. The standard InChI is InChI=1S/C20H25FN2O/c1-13(2)20(12-24)22-11-19-17(21)9-10-18(23-19)16-7-5-15(6-8-16)14-3-4-14/h5-10,13-14,20,22,24H,3-4,11-12H2,1-2H3/t20-/m0/s1. The summed E-state index contributed by atoms with van der Waals surface area (Å²) in [5.74, 6) is 0.684. The zero-order valence-electron chi connectivity index (χ0n) is 14.3. The highest BCUT2D eigenvalue weighted by atomic mass is 19.1. The smallest absolute Gasteiger partial charge is 0.146 e. The summed E-state index contributed by atoms with van der Waals surface area (Å²) in [6, 6.07) is 11.6. The highest BCUT2D eigenvalue weighted by Gasteiger charge is 2.23. The predicted molar refractivity (Wildman–Crippen MR) is 94.2 cm³/mol. The van der Waals surface area contributed by atoms with Crippen LogP contribution in [0.25, 0.3) is 11.3 Å². The van der Waals surface area contributed by atoms with Gasteiger partial charge in [-0.1, -0.05) is 38.1 Å². The van der Waals surface area contributed by atoms with Crippen molar-refractivity contribution in [2.75, 3.05) is 6.61 Å². The first-order valence-electron chi connectivity index (χ1n) is 8.68. The average Bonchev–Trinajstić information content (AvgIpc) is 3.42. The highest BCUT2D eigenvalue weighted by Crippen LogP contribution is 2.40. The van der Waals surface area contributed by atoms with Gasteiger partial charge in [-0.25, -0.2) is 9.37 Å². The van der Waals surface area contributed by atoms with Gasteiger partial charge in [-0.3, -0.25) is 0 Å². The molecule has 0 radical (unpaired) electrons. The van der Waals surface area contributed by atoms with Gasteiger partial charge in [0.2, 0.25) is 0 Å². The molecule has 2 N–H and O–H groups in total. The number of halogens is 1. The van der Waals surface area contributed by atoms with Crippen molar-refractivity contribution in [3.63, 3.8) is 0 Å². The molecule has 1 aromatic heterocycles. The van der Waals surface area contributed by atoms with Crippen LogP contribution < -0.4 is 5.32 Å². The Morgan fingerprint density at radius 3 is 2.46 bits per heavy atom. The van der Waals surface area contributed by atoms with Gasteiger partial charge in [0, 0.05) is 18.2 Å². The number of hydrogen-bond acceptors (Lipinski definition) is 3. The Bertz CT molecular complexity index is 681. The summed E-state index contributed by atoms with van der Waals surface area (Å²) in [4.78, 5) is 4.48. The molecule has 24 heavy (non-hydrogen) atoms. The van der Waals surface area contributed by atoms with Gasteiger partial charge in [0.15, 0.2) is 0 Å². The molecule has 2 aromatic rings. The predicted octanol–water partition coefficient (Wildman–Crippen LogP) is 3.87. The summed E-state index contributed by atoms with van der Waals surface area (Å²) in [5, 5.41) is 12.6. The molecule has 0 bridgehead atoms. The van der Waals surface area contributed by atoms with Crippen molar-refractivity contribution in [3.8, 4) is 11.3 Å². The van der Waals surface area contributed by atoms with E-state index in [1.165, 1.54) is 24.5 Å². The van der Waals surface area contributed by atoms with Crippen molar-refractivity contribution in [1.82, 2.24) is 10.3 Å². The molecule has 3 nitrogen and oxygen atoms in total. The zero-order chi connectivity index (χ0) is 17.1. The van der Waals surface area contributed by atoms with Crippen molar-refractivity contribution in [2.45, 2.75) is 45.2 Å². The van der Waals surface area contributed by atoms with Crippen molar-refractivity contribution < 1.29 is 9.50 Å². The maximum Gasteiger partial charge on any atom is 0.146 e. The van der Waals surface area contributed by atoms with E-state index in [-0.39, 0.29) is 24.4 Å². The van der Waals surface area contributed by atoms with Crippen LogP contribution in [0.4, 0.5) is 4.39 Å². The van der Waals surface area contributed by atoms with Crippen LogP contribution in [-0.2, 0) is 6.54 Å². The number of nitrogens with zero attached hydrogens (tertiary/aromatic N) is 1. The number of benzene rings is 1. The first-order chi connectivity index (χ1) is 11.6. The Kier molecular flexibility index (Phi) is 5.27. The summed E-state index contributed by atoms with van der Waals surface area (Å²) in [6.45, 7) is 4.38. The van der Waals surface area contributed by atoms with Gasteiger partial charge in [-0.15, -0.1) is 0 Å². The Morgan fingerprint density at radius 2 is 1.88 bits per heavy atom. The van der Waals surface area contributed by atoms with Crippen LogP contribution in [0.15, 0.2) is 36.4 Å². The quantitative estimate of drug-likeness (QED) is 0.811. The lowest BCUT2D eigenvalue weighted by molar-refractivity contribution is 0.209. The molecule has 128 valence electrons. The number of aliphatic hydroxyl groups is 1. The zero-order valence-corrected chi connectivity index (χ0v) is 14.3. The summed E-state index contributed by atoms with van der Waals surface area (Å²) in [6.07, 6.45) is 2.57. The van der Waals surface area contributed by atoms with E-state index in [0.29, 0.717) is 12.2 Å². The van der Waals surface area contributed by atoms with E-state index in [9.17, 15) is 9.50 Å². The molecule has 3 rings (SSSR count). The lowest BCUT2D eigenvalue weighted by Gasteiger charge is -2.20. The summed E-state index contributed by atoms with van der Waals surface area (Å²) >= 11 is 0. The fraction of sp³-hybridized carbons (Fsp3) is 0.450. The van der Waals surface area contributed by atoms with E-state index in [1.54, 1.807) is 6.07 Å². The summed E-state index contributed by atoms with van der Waals surface area (Å²) < 4.78 is 14.1. The molecule has 1 atom stereocenters. The molecule has 1 aliphatic carbocycles. The van der Waals surface area contributed by atoms with Gasteiger partial charge in [-0.05, 0) is 42.4 Å². The van der Waals surface area contributed by atoms with Gasteiger partial charge in [0.1, 0.15) is 5.82 Å². The Labute approximate surface area is 142 Å². The van der Waals surface area contributed by atoms with Crippen molar-refractivity contribution >= 4 is 0 Å². The van der Waals surface area contributed by atoms with Crippen molar-refractivity contribution in [2.24, 2.45) is 5.92 Å². The number of aliphatic hydroxyl groups excluding tert-OH is 1.